The Bertz CT molecular complexity index is 545. The van der Waals surface area contributed by atoms with Gasteiger partial charge in [0.1, 0.15) is 6.04 Å². The molecule has 0 aromatic heterocycles. The fourth-order valence-electron chi connectivity index (χ4n) is 2.25. The van der Waals surface area contributed by atoms with Crippen LogP contribution in [0.25, 0.3) is 0 Å². The van der Waals surface area contributed by atoms with Gasteiger partial charge in [-0.05, 0) is 33.0 Å². The van der Waals surface area contributed by atoms with Crippen molar-refractivity contribution in [1.82, 2.24) is 5.32 Å². The summed E-state index contributed by atoms with van der Waals surface area (Å²) in [6.45, 7) is 3.85. The van der Waals surface area contributed by atoms with E-state index in [1.165, 1.54) is 0 Å². The van der Waals surface area contributed by atoms with E-state index in [4.69, 9.17) is 11.6 Å². The zero-order valence-electron chi connectivity index (χ0n) is 12.1. The molecule has 1 aliphatic heterocycles. The first-order valence-corrected chi connectivity index (χ1v) is 6.86. The maximum absolute atomic E-state index is 11.8. The lowest BCUT2D eigenvalue weighted by atomic mass is 10.0. The maximum atomic E-state index is 11.8. The molecule has 3 N–H and O–H groups in total. The average molecular weight is 298 g/mol. The zero-order chi connectivity index (χ0) is 15.1. The van der Waals surface area contributed by atoms with Crippen LogP contribution in [0.2, 0.25) is 5.02 Å². The van der Waals surface area contributed by atoms with Crippen LogP contribution in [-0.2, 0) is 4.79 Å². The number of rotatable bonds is 4. The van der Waals surface area contributed by atoms with Gasteiger partial charge in [-0.1, -0.05) is 11.6 Å². The lowest BCUT2D eigenvalue weighted by molar-refractivity contribution is -0.117. The van der Waals surface area contributed by atoms with Gasteiger partial charge >= 0.3 is 0 Å². The Hall–Kier alpha value is -1.30. The highest BCUT2D eigenvalue weighted by molar-refractivity contribution is 6.33. The summed E-state index contributed by atoms with van der Waals surface area (Å²) in [5.74, 6) is -0.0835. The fraction of sp³-hybridized carbons (Fsp3) is 0.500. The summed E-state index contributed by atoms with van der Waals surface area (Å²) >= 11 is 6.35. The molecule has 0 aliphatic carbocycles. The second-order valence-electron chi connectivity index (χ2n) is 5.63. The Morgan fingerprint density at radius 3 is 2.70 bits per heavy atom. The number of amides is 1. The van der Waals surface area contributed by atoms with Crippen LogP contribution >= 0.6 is 11.6 Å². The molecule has 1 aromatic rings. The number of benzene rings is 1. The first-order valence-electron chi connectivity index (χ1n) is 6.48. The number of halogens is 1. The summed E-state index contributed by atoms with van der Waals surface area (Å²) in [4.78, 5) is 13.7. The Morgan fingerprint density at radius 2 is 2.15 bits per heavy atom. The minimum atomic E-state index is -0.442. The molecular formula is C14H20ClN3O2. The van der Waals surface area contributed by atoms with Crippen LogP contribution in [0.4, 0.5) is 11.4 Å². The molecule has 20 heavy (non-hydrogen) atoms. The number of likely N-dealkylation sites (N-methyl/N-ethyl adjacent to an activating group) is 2. The number of fused-ring (bicyclic) bond motifs is 1. The van der Waals surface area contributed by atoms with Crippen molar-refractivity contribution >= 4 is 28.9 Å². The minimum Gasteiger partial charge on any atom is -0.394 e. The monoisotopic (exact) mass is 297 g/mol. The van der Waals surface area contributed by atoms with Crippen LogP contribution < -0.4 is 15.5 Å². The summed E-state index contributed by atoms with van der Waals surface area (Å²) in [6.07, 6.45) is 0. The van der Waals surface area contributed by atoms with Crippen molar-refractivity contribution in [3.63, 3.8) is 0 Å². The van der Waals surface area contributed by atoms with Crippen LogP contribution in [-0.4, -0.2) is 37.3 Å². The molecule has 1 unspecified atom stereocenters. The summed E-state index contributed by atoms with van der Waals surface area (Å²) in [5, 5.41) is 15.8. The molecule has 0 saturated heterocycles. The molecule has 0 spiro atoms. The van der Waals surface area contributed by atoms with E-state index in [0.717, 1.165) is 16.9 Å². The van der Waals surface area contributed by atoms with Crippen LogP contribution in [0.1, 0.15) is 25.5 Å². The third-order valence-electron chi connectivity index (χ3n) is 3.90. The van der Waals surface area contributed by atoms with Gasteiger partial charge in [0.2, 0.25) is 5.91 Å². The molecule has 0 saturated carbocycles. The molecule has 1 aromatic carbocycles. The summed E-state index contributed by atoms with van der Waals surface area (Å²) < 4.78 is 0. The van der Waals surface area contributed by atoms with Gasteiger partial charge in [0.25, 0.3) is 0 Å². The van der Waals surface area contributed by atoms with Crippen LogP contribution in [0.5, 0.6) is 0 Å². The van der Waals surface area contributed by atoms with Crippen molar-refractivity contribution < 1.29 is 9.90 Å². The molecular weight excluding hydrogens is 278 g/mol. The molecule has 1 aliphatic rings. The Morgan fingerprint density at radius 1 is 1.50 bits per heavy atom. The predicted molar refractivity (Wildman–Crippen MR) is 81.5 cm³/mol. The SMILES string of the molecule is CNC1C(=O)Nc2cc(N(C)C(C)(C)CO)c(Cl)cc21. The highest BCUT2D eigenvalue weighted by Crippen LogP contribution is 2.40. The number of anilines is 2. The number of nitrogens with zero attached hydrogens (tertiary/aromatic N) is 1. The quantitative estimate of drug-likeness (QED) is 0.792. The second kappa shape index (κ2) is 5.24. The van der Waals surface area contributed by atoms with Gasteiger partial charge in [-0.25, -0.2) is 0 Å². The summed E-state index contributed by atoms with van der Waals surface area (Å²) in [7, 11) is 3.61. The van der Waals surface area contributed by atoms with Crippen LogP contribution in [0.15, 0.2) is 12.1 Å². The van der Waals surface area contributed by atoms with E-state index in [-0.39, 0.29) is 18.6 Å². The number of aliphatic hydroxyl groups excluding tert-OH is 1. The van der Waals surface area contributed by atoms with E-state index in [1.54, 1.807) is 13.1 Å². The minimum absolute atomic E-state index is 0.00239. The topological polar surface area (TPSA) is 64.6 Å². The fourth-order valence-corrected chi connectivity index (χ4v) is 2.55. The van der Waals surface area contributed by atoms with Crippen LogP contribution in [0, 0.1) is 0 Å². The highest BCUT2D eigenvalue weighted by atomic mass is 35.5. The van der Waals surface area contributed by atoms with E-state index >= 15 is 0 Å². The summed E-state index contributed by atoms with van der Waals surface area (Å²) in [6, 6.07) is 3.28. The van der Waals surface area contributed by atoms with Gasteiger partial charge in [0.05, 0.1) is 22.9 Å². The van der Waals surface area contributed by atoms with Crippen molar-refractivity contribution in [2.75, 3.05) is 30.9 Å². The van der Waals surface area contributed by atoms with Crippen molar-refractivity contribution in [2.45, 2.75) is 25.4 Å². The van der Waals surface area contributed by atoms with Crippen molar-refractivity contribution in [2.24, 2.45) is 0 Å². The second-order valence-corrected chi connectivity index (χ2v) is 6.04. The molecule has 110 valence electrons. The van der Waals surface area contributed by atoms with Gasteiger partial charge in [-0.15, -0.1) is 0 Å². The molecule has 0 radical (unpaired) electrons. The van der Waals surface area contributed by atoms with Crippen molar-refractivity contribution in [1.29, 1.82) is 0 Å². The molecule has 0 bridgehead atoms. The maximum Gasteiger partial charge on any atom is 0.246 e. The highest BCUT2D eigenvalue weighted by Gasteiger charge is 2.32. The van der Waals surface area contributed by atoms with Crippen molar-refractivity contribution in [3.8, 4) is 0 Å². The largest absolute Gasteiger partial charge is 0.394 e. The normalized spacial score (nSPS) is 17.9. The first-order chi connectivity index (χ1) is 9.31. The molecule has 1 amide bonds. The smallest absolute Gasteiger partial charge is 0.246 e. The van der Waals surface area contributed by atoms with E-state index in [0.29, 0.717) is 5.02 Å². The molecule has 1 atom stereocenters. The zero-order valence-corrected chi connectivity index (χ0v) is 12.9. The number of carbonyl (C=O) groups is 1. The Labute approximate surface area is 123 Å². The predicted octanol–water partition coefficient (Wildman–Crippen LogP) is 1.76. The van der Waals surface area contributed by atoms with E-state index in [9.17, 15) is 9.90 Å². The van der Waals surface area contributed by atoms with Gasteiger partial charge in [0.15, 0.2) is 0 Å². The first kappa shape index (κ1) is 15.1. The van der Waals surface area contributed by atoms with Gasteiger partial charge in [-0.2, -0.15) is 0 Å². The number of aliphatic hydroxyl groups is 1. The summed E-state index contributed by atoms with van der Waals surface area (Å²) in [5.41, 5.74) is 1.94. The third-order valence-corrected chi connectivity index (χ3v) is 4.20. The van der Waals surface area contributed by atoms with Crippen molar-refractivity contribution in [3.05, 3.63) is 22.7 Å². The lowest BCUT2D eigenvalue weighted by Crippen LogP contribution is -2.44. The number of nitrogens with one attached hydrogen (secondary N) is 2. The van der Waals surface area contributed by atoms with Gasteiger partial charge < -0.3 is 20.6 Å². The molecule has 0 fully saturated rings. The van der Waals surface area contributed by atoms with E-state index in [1.807, 2.05) is 31.9 Å². The molecule has 2 rings (SSSR count). The standard InChI is InChI=1S/C14H20ClN3O2/c1-14(2,7-19)18(4)11-6-10-8(5-9(11)15)12(16-3)13(20)17-10/h5-6,12,16,19H,7H2,1-4H3,(H,17,20). The number of hydrogen-bond donors (Lipinski definition) is 3. The number of carbonyl (C=O) groups excluding carboxylic acids is 1. The lowest BCUT2D eigenvalue weighted by Gasteiger charge is -2.36. The van der Waals surface area contributed by atoms with Gasteiger partial charge in [-0.3, -0.25) is 4.79 Å². The molecule has 1 heterocycles. The molecule has 6 heteroatoms. The third kappa shape index (κ3) is 2.37. The Kier molecular flexibility index (Phi) is 3.95. The number of hydrogen-bond acceptors (Lipinski definition) is 4. The Balaban J connectivity index is 2.45. The van der Waals surface area contributed by atoms with Crippen LogP contribution in [0.3, 0.4) is 0 Å². The van der Waals surface area contributed by atoms with E-state index < -0.39 is 5.54 Å². The van der Waals surface area contributed by atoms with E-state index in [2.05, 4.69) is 10.6 Å². The molecule has 5 nitrogen and oxygen atoms in total. The van der Waals surface area contributed by atoms with Gasteiger partial charge in [0, 0.05) is 18.3 Å². The average Bonchev–Trinajstić information content (AvgIpc) is 2.71.